The molecule has 8 nitrogen and oxygen atoms in total. The average molecular weight is 275 g/mol. The summed E-state index contributed by atoms with van der Waals surface area (Å²) in [6, 6.07) is 6.53. The molecule has 8 heteroatoms. The molecule has 0 bridgehead atoms. The molecule has 0 aliphatic carbocycles. The highest BCUT2D eigenvalue weighted by molar-refractivity contribution is 5.95. The lowest BCUT2D eigenvalue weighted by atomic mass is 10.2. The Bertz CT molecular complexity index is 666. The highest BCUT2D eigenvalue weighted by atomic mass is 16.5. The van der Waals surface area contributed by atoms with Crippen molar-refractivity contribution in [1.29, 1.82) is 0 Å². The number of aromatic amines is 1. The number of rotatable bonds is 4. The third-order valence-corrected chi connectivity index (χ3v) is 2.54. The minimum absolute atomic E-state index is 0.0793. The molecule has 0 saturated heterocycles. The van der Waals surface area contributed by atoms with Gasteiger partial charge < -0.3 is 15.5 Å². The third-order valence-electron chi connectivity index (χ3n) is 2.54. The molecule has 1 aromatic carbocycles. The average Bonchev–Trinajstić information content (AvgIpc) is 2.48. The van der Waals surface area contributed by atoms with Crippen molar-refractivity contribution in [3.63, 3.8) is 0 Å². The summed E-state index contributed by atoms with van der Waals surface area (Å²) in [7, 11) is 1.54. The number of anilines is 2. The van der Waals surface area contributed by atoms with E-state index in [1.807, 2.05) is 0 Å². The molecule has 20 heavy (non-hydrogen) atoms. The Morgan fingerprint density at radius 2 is 2.05 bits per heavy atom. The van der Waals surface area contributed by atoms with Crippen LogP contribution in [0.2, 0.25) is 0 Å². The zero-order chi connectivity index (χ0) is 14.5. The molecule has 0 aliphatic rings. The summed E-state index contributed by atoms with van der Waals surface area (Å²) in [6.45, 7) is 0. The van der Waals surface area contributed by atoms with E-state index < -0.39 is 11.5 Å². The van der Waals surface area contributed by atoms with Gasteiger partial charge in [0.1, 0.15) is 11.4 Å². The zero-order valence-corrected chi connectivity index (χ0v) is 10.6. The van der Waals surface area contributed by atoms with Crippen molar-refractivity contribution in [3.05, 3.63) is 46.5 Å². The van der Waals surface area contributed by atoms with Gasteiger partial charge >= 0.3 is 0 Å². The van der Waals surface area contributed by atoms with Crippen LogP contribution < -0.4 is 26.9 Å². The number of H-pyrrole nitrogens is 1. The predicted octanol–water partition coefficient (Wildman–Crippen LogP) is 0.118. The van der Waals surface area contributed by atoms with Crippen LogP contribution in [0.25, 0.3) is 0 Å². The standard InChI is InChI=1S/C12H13N5O3/c1-20-8-4-2-7(3-5-8)11(18)17-16-10-9(13)12(19)15-6-14-10/h2-6H,13H2,1H3,(H,17,18)(H2,14,15,16,19). The number of hydrazine groups is 1. The molecule has 1 amide bonds. The number of amides is 1. The minimum Gasteiger partial charge on any atom is -0.497 e. The van der Waals surface area contributed by atoms with Crippen LogP contribution >= 0.6 is 0 Å². The molecule has 0 spiro atoms. The van der Waals surface area contributed by atoms with Crippen molar-refractivity contribution < 1.29 is 9.53 Å². The van der Waals surface area contributed by atoms with Crippen LogP contribution in [0.5, 0.6) is 5.75 Å². The van der Waals surface area contributed by atoms with Crippen molar-refractivity contribution in [2.45, 2.75) is 0 Å². The van der Waals surface area contributed by atoms with Crippen molar-refractivity contribution in [1.82, 2.24) is 15.4 Å². The van der Waals surface area contributed by atoms with Gasteiger partial charge in [-0.05, 0) is 24.3 Å². The van der Waals surface area contributed by atoms with Crippen LogP contribution in [0.15, 0.2) is 35.4 Å². The van der Waals surface area contributed by atoms with Crippen molar-refractivity contribution >= 4 is 17.4 Å². The maximum absolute atomic E-state index is 11.8. The number of nitrogens with zero attached hydrogens (tertiary/aromatic N) is 1. The Hall–Kier alpha value is -3.03. The summed E-state index contributed by atoms with van der Waals surface area (Å²) in [4.78, 5) is 29.2. The van der Waals surface area contributed by atoms with Crippen molar-refractivity contribution in [2.75, 3.05) is 18.3 Å². The number of hydrogen-bond donors (Lipinski definition) is 4. The minimum atomic E-state index is -0.485. The molecule has 5 N–H and O–H groups in total. The maximum Gasteiger partial charge on any atom is 0.276 e. The number of nitrogens with two attached hydrogens (primary N) is 1. The van der Waals surface area contributed by atoms with Gasteiger partial charge in [-0.25, -0.2) is 4.98 Å². The lowest BCUT2D eigenvalue weighted by Crippen LogP contribution is -2.31. The third kappa shape index (κ3) is 2.86. The fourth-order valence-electron chi connectivity index (χ4n) is 1.44. The lowest BCUT2D eigenvalue weighted by Gasteiger charge is -2.09. The summed E-state index contributed by atoms with van der Waals surface area (Å²) in [5.74, 6) is 0.333. The molecule has 0 saturated carbocycles. The molecule has 104 valence electrons. The summed E-state index contributed by atoms with van der Waals surface area (Å²) in [6.07, 6.45) is 1.18. The fraction of sp³-hybridized carbons (Fsp3) is 0.0833. The van der Waals surface area contributed by atoms with Crippen molar-refractivity contribution in [3.8, 4) is 5.75 Å². The first kappa shape index (κ1) is 13.4. The lowest BCUT2D eigenvalue weighted by molar-refractivity contribution is 0.0962. The van der Waals surface area contributed by atoms with E-state index in [2.05, 4.69) is 20.8 Å². The van der Waals surface area contributed by atoms with Gasteiger partial charge in [-0.2, -0.15) is 0 Å². The van der Waals surface area contributed by atoms with E-state index in [-0.39, 0.29) is 11.5 Å². The van der Waals surface area contributed by atoms with Gasteiger partial charge in [-0.3, -0.25) is 20.4 Å². The molecule has 0 unspecified atom stereocenters. The van der Waals surface area contributed by atoms with Gasteiger partial charge in [-0.1, -0.05) is 0 Å². The van der Waals surface area contributed by atoms with Crippen LogP contribution in [-0.2, 0) is 0 Å². The molecule has 2 aromatic rings. The summed E-state index contributed by atoms with van der Waals surface area (Å²) in [5.41, 5.74) is 10.2. The zero-order valence-electron chi connectivity index (χ0n) is 10.6. The number of carbonyl (C=O) groups is 1. The molecule has 0 aliphatic heterocycles. The number of benzene rings is 1. The highest BCUT2D eigenvalue weighted by Crippen LogP contribution is 2.11. The number of carbonyl (C=O) groups excluding carboxylic acids is 1. The second-order valence-corrected chi connectivity index (χ2v) is 3.80. The topological polar surface area (TPSA) is 122 Å². The summed E-state index contributed by atoms with van der Waals surface area (Å²) >= 11 is 0. The Morgan fingerprint density at radius 1 is 1.35 bits per heavy atom. The highest BCUT2D eigenvalue weighted by Gasteiger charge is 2.08. The number of nitrogen functional groups attached to an aromatic ring is 1. The van der Waals surface area contributed by atoms with Gasteiger partial charge in [0, 0.05) is 5.56 Å². The normalized spacial score (nSPS) is 9.85. The van der Waals surface area contributed by atoms with E-state index in [9.17, 15) is 9.59 Å². The van der Waals surface area contributed by atoms with Crippen LogP contribution in [0.1, 0.15) is 10.4 Å². The van der Waals surface area contributed by atoms with E-state index >= 15 is 0 Å². The molecule has 0 atom stereocenters. The van der Waals surface area contributed by atoms with Crippen LogP contribution in [0.4, 0.5) is 11.5 Å². The first-order valence-electron chi connectivity index (χ1n) is 5.65. The van der Waals surface area contributed by atoms with Gasteiger partial charge in [0.2, 0.25) is 0 Å². The fourth-order valence-corrected chi connectivity index (χ4v) is 1.44. The second-order valence-electron chi connectivity index (χ2n) is 3.80. The van der Waals surface area contributed by atoms with Gasteiger partial charge in [0.15, 0.2) is 5.82 Å². The Kier molecular flexibility index (Phi) is 3.85. The first-order chi connectivity index (χ1) is 9.61. The van der Waals surface area contributed by atoms with E-state index in [1.54, 1.807) is 24.3 Å². The van der Waals surface area contributed by atoms with Gasteiger partial charge in [0.25, 0.3) is 11.5 Å². The van der Waals surface area contributed by atoms with E-state index in [0.29, 0.717) is 11.3 Å². The van der Waals surface area contributed by atoms with Gasteiger partial charge in [0.05, 0.1) is 13.4 Å². The number of aromatic nitrogens is 2. The first-order valence-corrected chi connectivity index (χ1v) is 5.65. The molecule has 0 radical (unpaired) electrons. The summed E-state index contributed by atoms with van der Waals surface area (Å²) < 4.78 is 5.00. The van der Waals surface area contributed by atoms with E-state index in [0.717, 1.165) is 0 Å². The quantitative estimate of drug-likeness (QED) is 0.588. The Balaban J connectivity index is 2.04. The molecular formula is C12H13N5O3. The maximum atomic E-state index is 11.8. The summed E-state index contributed by atoms with van der Waals surface area (Å²) in [5, 5.41) is 0. The smallest absolute Gasteiger partial charge is 0.276 e. The van der Waals surface area contributed by atoms with Crippen molar-refractivity contribution in [2.24, 2.45) is 0 Å². The number of ether oxygens (including phenoxy) is 1. The SMILES string of the molecule is COc1ccc(C(=O)NNc2nc[nH]c(=O)c2N)cc1. The van der Waals surface area contributed by atoms with Crippen LogP contribution in [0, 0.1) is 0 Å². The molecule has 1 heterocycles. The van der Waals surface area contributed by atoms with E-state index in [1.165, 1.54) is 13.4 Å². The molecule has 1 aromatic heterocycles. The van der Waals surface area contributed by atoms with Crippen LogP contribution in [-0.4, -0.2) is 23.0 Å². The number of nitrogens with one attached hydrogen (secondary N) is 3. The predicted molar refractivity (Wildman–Crippen MR) is 73.4 cm³/mol. The Morgan fingerprint density at radius 3 is 2.70 bits per heavy atom. The molecular weight excluding hydrogens is 262 g/mol. The number of methoxy groups -OCH3 is 1. The second kappa shape index (κ2) is 5.74. The van der Waals surface area contributed by atoms with E-state index in [4.69, 9.17) is 10.5 Å². The monoisotopic (exact) mass is 275 g/mol. The Labute approximate surface area is 114 Å². The number of hydrogen-bond acceptors (Lipinski definition) is 6. The molecule has 0 fully saturated rings. The van der Waals surface area contributed by atoms with Crippen LogP contribution in [0.3, 0.4) is 0 Å². The largest absolute Gasteiger partial charge is 0.497 e. The molecule has 2 rings (SSSR count). The van der Waals surface area contributed by atoms with Gasteiger partial charge in [-0.15, -0.1) is 0 Å².